The van der Waals surface area contributed by atoms with E-state index in [1.165, 1.54) is 18.2 Å². The minimum atomic E-state index is -0.402. The summed E-state index contributed by atoms with van der Waals surface area (Å²) in [5, 5.41) is 3.62. The van der Waals surface area contributed by atoms with Gasteiger partial charge in [-0.2, -0.15) is 0 Å². The molecule has 0 aliphatic heterocycles. The van der Waals surface area contributed by atoms with Crippen LogP contribution in [0.4, 0.5) is 10.1 Å². The summed E-state index contributed by atoms with van der Waals surface area (Å²) >= 11 is 0. The number of nitrogens with one attached hydrogen (secondary N) is 1. The zero-order valence-electron chi connectivity index (χ0n) is 14.2. The summed E-state index contributed by atoms with van der Waals surface area (Å²) in [7, 11) is 1.57. The van der Waals surface area contributed by atoms with Gasteiger partial charge in [0, 0.05) is 28.8 Å². The number of furan rings is 1. The van der Waals surface area contributed by atoms with Crippen molar-refractivity contribution in [2.75, 3.05) is 12.4 Å². The first kappa shape index (κ1) is 16.8. The largest absolute Gasteiger partial charge is 0.496 e. The van der Waals surface area contributed by atoms with Crippen LogP contribution < -0.4 is 10.1 Å². The number of fused-ring (bicyclic) bond motifs is 1. The number of carbonyl (C=O) groups is 1. The fraction of sp³-hybridized carbons (Fsp3) is 0.150. The van der Waals surface area contributed by atoms with E-state index in [-0.39, 0.29) is 5.91 Å². The van der Waals surface area contributed by atoms with Gasteiger partial charge in [-0.1, -0.05) is 6.07 Å². The van der Waals surface area contributed by atoms with Gasteiger partial charge in [0.2, 0.25) is 5.91 Å². The van der Waals surface area contributed by atoms with E-state index in [2.05, 4.69) is 5.32 Å². The first-order chi connectivity index (χ1) is 12.0. The number of methoxy groups -OCH3 is 1. The van der Waals surface area contributed by atoms with Gasteiger partial charge < -0.3 is 14.5 Å². The number of allylic oxidation sites excluding steroid dienone is 1. The Kier molecular flexibility index (Phi) is 4.57. The molecular formula is C20H18FNO3. The summed E-state index contributed by atoms with van der Waals surface area (Å²) in [6.45, 7) is 3.78. The third-order valence-electron chi connectivity index (χ3n) is 3.95. The molecule has 0 saturated carbocycles. The zero-order valence-corrected chi connectivity index (χ0v) is 14.2. The van der Waals surface area contributed by atoms with Crippen molar-refractivity contribution in [1.82, 2.24) is 0 Å². The predicted molar refractivity (Wildman–Crippen MR) is 96.2 cm³/mol. The van der Waals surface area contributed by atoms with Crippen LogP contribution in [-0.4, -0.2) is 13.0 Å². The molecule has 1 N–H and O–H groups in total. The Balaban J connectivity index is 1.92. The van der Waals surface area contributed by atoms with E-state index < -0.39 is 5.82 Å². The van der Waals surface area contributed by atoms with E-state index >= 15 is 0 Å². The monoisotopic (exact) mass is 339 g/mol. The lowest BCUT2D eigenvalue weighted by molar-refractivity contribution is -0.111. The summed E-state index contributed by atoms with van der Waals surface area (Å²) in [4.78, 5) is 12.2. The van der Waals surface area contributed by atoms with Crippen LogP contribution in [0.2, 0.25) is 0 Å². The molecule has 0 bridgehead atoms. The van der Waals surface area contributed by atoms with Crippen molar-refractivity contribution in [3.05, 3.63) is 65.7 Å². The summed E-state index contributed by atoms with van der Waals surface area (Å²) in [5.74, 6) is -0.121. The van der Waals surface area contributed by atoms with Crippen molar-refractivity contribution in [3.63, 3.8) is 0 Å². The van der Waals surface area contributed by atoms with Crippen molar-refractivity contribution < 1.29 is 18.3 Å². The summed E-state index contributed by atoms with van der Waals surface area (Å²) in [6, 6.07) is 9.51. The Bertz CT molecular complexity index is 972. The number of anilines is 1. The van der Waals surface area contributed by atoms with Crippen LogP contribution in [0.1, 0.15) is 18.1 Å². The van der Waals surface area contributed by atoms with Crippen LogP contribution in [0.25, 0.3) is 16.5 Å². The van der Waals surface area contributed by atoms with Crippen LogP contribution >= 0.6 is 0 Å². The van der Waals surface area contributed by atoms with Gasteiger partial charge in [0.1, 0.15) is 17.1 Å². The van der Waals surface area contributed by atoms with Crippen molar-refractivity contribution in [2.24, 2.45) is 0 Å². The third kappa shape index (κ3) is 3.55. The maximum Gasteiger partial charge on any atom is 0.248 e. The molecule has 25 heavy (non-hydrogen) atoms. The number of halogens is 1. The Labute approximate surface area is 144 Å². The highest BCUT2D eigenvalue weighted by atomic mass is 19.1. The van der Waals surface area contributed by atoms with E-state index in [1.54, 1.807) is 31.6 Å². The minimum absolute atomic E-state index is 0.339. The molecular weight excluding hydrogens is 321 g/mol. The van der Waals surface area contributed by atoms with E-state index in [9.17, 15) is 9.18 Å². The molecule has 0 aliphatic rings. The van der Waals surface area contributed by atoms with E-state index in [4.69, 9.17) is 9.15 Å². The summed E-state index contributed by atoms with van der Waals surface area (Å²) in [6.07, 6.45) is 3.15. The van der Waals surface area contributed by atoms with Gasteiger partial charge in [-0.25, -0.2) is 4.39 Å². The molecule has 0 saturated heterocycles. The first-order valence-corrected chi connectivity index (χ1v) is 7.79. The molecule has 0 aliphatic carbocycles. The molecule has 0 unspecified atom stereocenters. The lowest BCUT2D eigenvalue weighted by atomic mass is 10.0. The molecule has 3 aromatic rings. The highest BCUT2D eigenvalue weighted by Crippen LogP contribution is 2.33. The Hall–Kier alpha value is -3.08. The molecule has 1 amide bonds. The number of amides is 1. The van der Waals surface area contributed by atoms with Gasteiger partial charge in [-0.05, 0) is 49.2 Å². The minimum Gasteiger partial charge on any atom is -0.496 e. The van der Waals surface area contributed by atoms with Crippen LogP contribution in [0, 0.1) is 12.7 Å². The van der Waals surface area contributed by atoms with Crippen molar-refractivity contribution in [3.8, 4) is 5.75 Å². The second-order valence-electron chi connectivity index (χ2n) is 5.79. The maximum absolute atomic E-state index is 13.2. The smallest absolute Gasteiger partial charge is 0.248 e. The van der Waals surface area contributed by atoms with Gasteiger partial charge in [-0.15, -0.1) is 0 Å². The molecule has 3 rings (SSSR count). The molecule has 1 heterocycles. The number of hydrogen-bond donors (Lipinski definition) is 1. The van der Waals surface area contributed by atoms with Gasteiger partial charge >= 0.3 is 0 Å². The number of benzene rings is 2. The number of ether oxygens (including phenoxy) is 1. The number of rotatable bonds is 4. The van der Waals surface area contributed by atoms with E-state index in [0.717, 1.165) is 27.7 Å². The number of aryl methyl sites for hydroxylation is 1. The van der Waals surface area contributed by atoms with Gasteiger partial charge in [-0.3, -0.25) is 4.79 Å². The van der Waals surface area contributed by atoms with Crippen LogP contribution in [-0.2, 0) is 4.79 Å². The molecule has 0 radical (unpaired) electrons. The second kappa shape index (κ2) is 6.81. The number of hydrogen-bond acceptors (Lipinski definition) is 3. The average Bonchev–Trinajstić information content (AvgIpc) is 2.94. The van der Waals surface area contributed by atoms with E-state index in [1.807, 2.05) is 19.9 Å². The highest BCUT2D eigenvalue weighted by molar-refractivity contribution is 6.04. The second-order valence-corrected chi connectivity index (χ2v) is 5.79. The topological polar surface area (TPSA) is 51.5 Å². The summed E-state index contributed by atoms with van der Waals surface area (Å²) in [5.41, 5.74) is 3.68. The maximum atomic E-state index is 13.2. The first-order valence-electron chi connectivity index (χ1n) is 7.79. The summed E-state index contributed by atoms with van der Waals surface area (Å²) < 4.78 is 24.1. The molecule has 0 atom stereocenters. The van der Waals surface area contributed by atoms with Crippen molar-refractivity contribution >= 4 is 28.1 Å². The molecule has 128 valence electrons. The SMILES string of the molecule is COc1cc2occ(C)c2cc1/C(C)=C/C(=O)Nc1cccc(F)c1. The van der Waals surface area contributed by atoms with Crippen molar-refractivity contribution in [2.45, 2.75) is 13.8 Å². The van der Waals surface area contributed by atoms with Gasteiger partial charge in [0.25, 0.3) is 0 Å². The normalized spacial score (nSPS) is 11.6. The van der Waals surface area contributed by atoms with Crippen LogP contribution in [0.5, 0.6) is 5.75 Å². The Morgan fingerprint density at radius 2 is 2.08 bits per heavy atom. The molecule has 0 fully saturated rings. The Morgan fingerprint density at radius 1 is 1.28 bits per heavy atom. The lowest BCUT2D eigenvalue weighted by Crippen LogP contribution is -2.08. The van der Waals surface area contributed by atoms with Crippen molar-refractivity contribution in [1.29, 1.82) is 0 Å². The molecule has 1 aromatic heterocycles. The molecule has 4 nitrogen and oxygen atoms in total. The predicted octanol–water partition coefficient (Wildman–Crippen LogP) is 4.93. The molecule has 5 heteroatoms. The fourth-order valence-electron chi connectivity index (χ4n) is 2.68. The molecule has 0 spiro atoms. The van der Waals surface area contributed by atoms with Crippen LogP contribution in [0.15, 0.2) is 53.2 Å². The highest BCUT2D eigenvalue weighted by Gasteiger charge is 2.12. The third-order valence-corrected chi connectivity index (χ3v) is 3.95. The Morgan fingerprint density at radius 3 is 2.80 bits per heavy atom. The quantitative estimate of drug-likeness (QED) is 0.686. The van der Waals surface area contributed by atoms with Crippen LogP contribution in [0.3, 0.4) is 0 Å². The number of carbonyl (C=O) groups excluding carboxylic acids is 1. The zero-order chi connectivity index (χ0) is 18.0. The fourth-order valence-corrected chi connectivity index (χ4v) is 2.68. The van der Waals surface area contributed by atoms with Gasteiger partial charge in [0.05, 0.1) is 13.4 Å². The molecule has 2 aromatic carbocycles. The lowest BCUT2D eigenvalue weighted by Gasteiger charge is -2.10. The standard InChI is InChI=1S/C20H18FNO3/c1-12(7-20(23)22-15-6-4-5-14(21)8-15)16-9-17-13(2)11-25-19(17)10-18(16)24-3/h4-11H,1-3H3,(H,22,23)/b12-7+. The van der Waals surface area contributed by atoms with Gasteiger partial charge in [0.15, 0.2) is 0 Å². The van der Waals surface area contributed by atoms with E-state index in [0.29, 0.717) is 11.4 Å². The average molecular weight is 339 g/mol.